The normalized spacial score (nSPS) is 16.3. The van der Waals surface area contributed by atoms with E-state index >= 15 is 0 Å². The first-order valence-corrected chi connectivity index (χ1v) is 10.4. The second kappa shape index (κ2) is 6.50. The molecule has 8 heteroatoms. The van der Waals surface area contributed by atoms with Crippen molar-refractivity contribution in [2.24, 2.45) is 0 Å². The van der Waals surface area contributed by atoms with Crippen LogP contribution in [0.1, 0.15) is 33.0 Å². The third kappa shape index (κ3) is 2.57. The number of nitrogens with one attached hydrogen (secondary N) is 1. The Morgan fingerprint density at radius 1 is 1.23 bits per heavy atom. The van der Waals surface area contributed by atoms with Crippen molar-refractivity contribution >= 4 is 38.4 Å². The molecule has 30 heavy (non-hydrogen) atoms. The van der Waals surface area contributed by atoms with Gasteiger partial charge in [-0.25, -0.2) is 14.4 Å². The number of thiazole rings is 1. The molecule has 1 atom stereocenters. The minimum absolute atomic E-state index is 0.183. The standard InChI is InChI=1S/C22H15FN4O2S/c23-13-5-3-4-12-10-16(29-20(12)13)19-18-15(24-11-25-18)8-9-27(19)22(28)21-26-14-6-1-2-7-17(14)30-21/h1-7,10-11,19H,8-9H2,(H,24,25)/t19-/m1/s1. The molecule has 6 rings (SSSR count). The summed E-state index contributed by atoms with van der Waals surface area (Å²) in [5.41, 5.74) is 2.65. The number of carbonyl (C=O) groups is 1. The molecule has 0 spiro atoms. The van der Waals surface area contributed by atoms with E-state index in [9.17, 15) is 9.18 Å². The monoisotopic (exact) mass is 418 g/mol. The van der Waals surface area contributed by atoms with Crippen molar-refractivity contribution in [3.63, 3.8) is 0 Å². The van der Waals surface area contributed by atoms with Gasteiger partial charge in [-0.2, -0.15) is 0 Å². The molecule has 1 N–H and O–H groups in total. The van der Waals surface area contributed by atoms with Gasteiger partial charge in [-0.05, 0) is 24.3 Å². The molecule has 0 radical (unpaired) electrons. The van der Waals surface area contributed by atoms with E-state index in [2.05, 4.69) is 15.0 Å². The largest absolute Gasteiger partial charge is 0.455 e. The van der Waals surface area contributed by atoms with Gasteiger partial charge in [-0.3, -0.25) is 4.79 Å². The quantitative estimate of drug-likeness (QED) is 0.451. The summed E-state index contributed by atoms with van der Waals surface area (Å²) in [6.07, 6.45) is 2.27. The van der Waals surface area contributed by atoms with E-state index < -0.39 is 11.9 Å². The highest BCUT2D eigenvalue weighted by molar-refractivity contribution is 7.20. The van der Waals surface area contributed by atoms with E-state index in [4.69, 9.17) is 4.42 Å². The number of rotatable bonds is 2. The van der Waals surface area contributed by atoms with Crippen molar-refractivity contribution in [1.82, 2.24) is 19.9 Å². The minimum atomic E-state index is -0.550. The Balaban J connectivity index is 1.48. The highest BCUT2D eigenvalue weighted by Crippen LogP contribution is 2.38. The van der Waals surface area contributed by atoms with Crippen LogP contribution in [0, 0.1) is 5.82 Å². The summed E-state index contributed by atoms with van der Waals surface area (Å²) < 4.78 is 21.1. The van der Waals surface area contributed by atoms with Gasteiger partial charge in [0.15, 0.2) is 16.4 Å². The van der Waals surface area contributed by atoms with Gasteiger partial charge < -0.3 is 14.3 Å². The van der Waals surface area contributed by atoms with Gasteiger partial charge in [-0.15, -0.1) is 11.3 Å². The number of hydrogen-bond donors (Lipinski definition) is 1. The molecule has 2 aromatic carbocycles. The molecular weight excluding hydrogens is 403 g/mol. The predicted octanol–water partition coefficient (Wildman–Crippen LogP) is 4.69. The molecule has 4 heterocycles. The SMILES string of the molecule is O=C(c1nc2ccccc2s1)N1CCc2[nH]cnc2[C@H]1c1cc2cccc(F)c2o1. The van der Waals surface area contributed by atoms with Crippen molar-refractivity contribution in [2.75, 3.05) is 6.54 Å². The van der Waals surface area contributed by atoms with E-state index in [-0.39, 0.29) is 11.5 Å². The molecular formula is C22H15FN4O2S. The van der Waals surface area contributed by atoms with Crippen LogP contribution in [0.4, 0.5) is 4.39 Å². The average Bonchev–Trinajstić information content (AvgIpc) is 3.49. The van der Waals surface area contributed by atoms with Gasteiger partial charge in [0.25, 0.3) is 5.91 Å². The lowest BCUT2D eigenvalue weighted by atomic mass is 10.00. The van der Waals surface area contributed by atoms with Crippen LogP contribution >= 0.6 is 11.3 Å². The van der Waals surface area contributed by atoms with E-state index in [1.807, 2.05) is 24.3 Å². The first-order chi connectivity index (χ1) is 14.7. The van der Waals surface area contributed by atoms with Crippen molar-refractivity contribution in [2.45, 2.75) is 12.5 Å². The predicted molar refractivity (Wildman–Crippen MR) is 111 cm³/mol. The molecule has 0 saturated carbocycles. The van der Waals surface area contributed by atoms with Crippen molar-refractivity contribution in [1.29, 1.82) is 0 Å². The number of benzene rings is 2. The first kappa shape index (κ1) is 17.3. The lowest BCUT2D eigenvalue weighted by Gasteiger charge is -2.33. The maximum atomic E-state index is 14.2. The fourth-order valence-corrected chi connectivity index (χ4v) is 4.97. The lowest BCUT2D eigenvalue weighted by molar-refractivity contribution is 0.0672. The first-order valence-electron chi connectivity index (χ1n) is 9.55. The minimum Gasteiger partial charge on any atom is -0.455 e. The summed E-state index contributed by atoms with van der Waals surface area (Å²) in [6.45, 7) is 0.480. The molecule has 1 aliphatic heterocycles. The summed E-state index contributed by atoms with van der Waals surface area (Å²) >= 11 is 1.37. The third-order valence-corrected chi connectivity index (χ3v) is 6.47. The molecule has 0 aliphatic carbocycles. The number of imidazole rings is 1. The number of fused-ring (bicyclic) bond motifs is 3. The van der Waals surface area contributed by atoms with Gasteiger partial charge in [-0.1, -0.05) is 24.3 Å². The number of aromatic amines is 1. The number of carbonyl (C=O) groups excluding carboxylic acids is 1. The molecule has 148 valence electrons. The van der Waals surface area contributed by atoms with Crippen molar-refractivity contribution < 1.29 is 13.6 Å². The maximum absolute atomic E-state index is 14.2. The molecule has 3 aromatic heterocycles. The Morgan fingerprint density at radius 3 is 3.00 bits per heavy atom. The second-order valence-corrected chi connectivity index (χ2v) is 8.24. The van der Waals surface area contributed by atoms with Gasteiger partial charge >= 0.3 is 0 Å². The number of amides is 1. The topological polar surface area (TPSA) is 75.0 Å². The van der Waals surface area contributed by atoms with Gasteiger partial charge in [0.2, 0.25) is 0 Å². The van der Waals surface area contributed by atoms with E-state index in [1.54, 1.807) is 29.4 Å². The van der Waals surface area contributed by atoms with Crippen LogP contribution in [0.5, 0.6) is 0 Å². The highest BCUT2D eigenvalue weighted by Gasteiger charge is 2.37. The smallest absolute Gasteiger partial charge is 0.283 e. The molecule has 1 amide bonds. The molecule has 1 aliphatic rings. The number of hydrogen-bond acceptors (Lipinski definition) is 5. The zero-order valence-electron chi connectivity index (χ0n) is 15.6. The van der Waals surface area contributed by atoms with E-state index in [0.717, 1.165) is 21.6 Å². The lowest BCUT2D eigenvalue weighted by Crippen LogP contribution is -2.40. The average molecular weight is 418 g/mol. The van der Waals surface area contributed by atoms with E-state index in [1.165, 1.54) is 17.4 Å². The number of nitrogens with zero attached hydrogens (tertiary/aromatic N) is 3. The maximum Gasteiger partial charge on any atom is 0.283 e. The summed E-state index contributed by atoms with van der Waals surface area (Å²) in [5, 5.41) is 1.07. The van der Waals surface area contributed by atoms with Crippen molar-refractivity contribution in [3.05, 3.63) is 82.8 Å². The fraction of sp³-hybridized carbons (Fsp3) is 0.136. The zero-order valence-corrected chi connectivity index (χ0v) is 16.4. The molecule has 0 unspecified atom stereocenters. The zero-order chi connectivity index (χ0) is 20.2. The number of halogens is 1. The number of furan rings is 1. The summed E-state index contributed by atoms with van der Waals surface area (Å²) in [7, 11) is 0. The number of para-hydroxylation sites is 2. The highest BCUT2D eigenvalue weighted by atomic mass is 32.1. The van der Waals surface area contributed by atoms with Gasteiger partial charge in [0, 0.05) is 24.0 Å². The Hall–Kier alpha value is -3.52. The number of H-pyrrole nitrogens is 1. The van der Waals surface area contributed by atoms with Crippen LogP contribution < -0.4 is 0 Å². The van der Waals surface area contributed by atoms with E-state index in [0.29, 0.717) is 29.1 Å². The molecule has 6 nitrogen and oxygen atoms in total. The molecule has 5 aromatic rings. The Bertz CT molecular complexity index is 1390. The second-order valence-electron chi connectivity index (χ2n) is 7.21. The third-order valence-electron chi connectivity index (χ3n) is 5.45. The summed E-state index contributed by atoms with van der Waals surface area (Å²) in [5.74, 6) is -0.130. The molecule has 0 fully saturated rings. The van der Waals surface area contributed by atoms with Gasteiger partial charge in [0.1, 0.15) is 11.8 Å². The summed E-state index contributed by atoms with van der Waals surface area (Å²) in [4.78, 5) is 27.3. The van der Waals surface area contributed by atoms with Crippen LogP contribution in [0.3, 0.4) is 0 Å². The van der Waals surface area contributed by atoms with Crippen LogP contribution in [-0.2, 0) is 6.42 Å². The number of aromatic nitrogens is 3. The van der Waals surface area contributed by atoms with Crippen LogP contribution in [0.25, 0.3) is 21.2 Å². The van der Waals surface area contributed by atoms with Crippen LogP contribution in [-0.4, -0.2) is 32.3 Å². The van der Waals surface area contributed by atoms with Crippen LogP contribution in [0.15, 0.2) is 59.3 Å². The van der Waals surface area contributed by atoms with Gasteiger partial charge in [0.05, 0.1) is 22.2 Å². The Labute approximate surface area is 174 Å². The van der Waals surface area contributed by atoms with Crippen molar-refractivity contribution in [3.8, 4) is 0 Å². The Morgan fingerprint density at radius 2 is 2.13 bits per heavy atom. The molecule has 0 saturated heterocycles. The molecule has 0 bridgehead atoms. The summed E-state index contributed by atoms with van der Waals surface area (Å²) in [6, 6.07) is 13.7. The Kier molecular flexibility index (Phi) is 3.76. The fourth-order valence-electron chi connectivity index (χ4n) is 4.05. The van der Waals surface area contributed by atoms with Crippen LogP contribution in [0.2, 0.25) is 0 Å².